The number of benzene rings is 1. The minimum atomic E-state index is -3.38. The lowest BCUT2D eigenvalue weighted by Gasteiger charge is -2.35. The van der Waals surface area contributed by atoms with Crippen molar-refractivity contribution in [1.82, 2.24) is 13.9 Å². The van der Waals surface area contributed by atoms with Crippen LogP contribution in [-0.4, -0.2) is 49.8 Å². The molecule has 0 amide bonds. The van der Waals surface area contributed by atoms with Gasteiger partial charge >= 0.3 is 0 Å². The summed E-state index contributed by atoms with van der Waals surface area (Å²) in [6, 6.07) is 9.64. The Morgan fingerprint density at radius 1 is 1.37 bits per heavy atom. The summed E-state index contributed by atoms with van der Waals surface area (Å²) in [5.41, 5.74) is 0.997. The van der Waals surface area contributed by atoms with Crippen LogP contribution < -0.4 is 5.32 Å². The average Bonchev–Trinajstić information content (AvgIpc) is 2.40. The minimum absolute atomic E-state index is 0.00280. The topological polar surface area (TPSA) is 52.7 Å². The third-order valence-electron chi connectivity index (χ3n) is 3.38. The summed E-state index contributed by atoms with van der Waals surface area (Å²) < 4.78 is 28.0. The molecule has 0 aliphatic carbocycles. The van der Waals surface area contributed by atoms with E-state index in [9.17, 15) is 8.42 Å². The largest absolute Gasteiger partial charge is 0.314 e. The van der Waals surface area contributed by atoms with Gasteiger partial charge in [0.05, 0.1) is 0 Å². The molecule has 1 N–H and O–H groups in total. The summed E-state index contributed by atoms with van der Waals surface area (Å²) in [7, 11) is -1.75. The zero-order chi connectivity index (χ0) is 13.9. The van der Waals surface area contributed by atoms with Crippen LogP contribution in [0.25, 0.3) is 0 Å². The van der Waals surface area contributed by atoms with E-state index in [4.69, 9.17) is 0 Å². The maximum absolute atomic E-state index is 12.5. The molecule has 1 fully saturated rings. The molecular weight excluding hydrogens is 262 g/mol. The van der Waals surface area contributed by atoms with Crippen molar-refractivity contribution in [2.24, 2.45) is 0 Å². The standard InChI is InChI=1S/C13H21N3O2S/c1-12-10-14-8-9-16(12)19(17,18)15(2)11-13-6-4-3-5-7-13/h3-7,12,14H,8-11H2,1-2H3/t12-/m1/s1. The van der Waals surface area contributed by atoms with E-state index in [2.05, 4.69) is 5.32 Å². The van der Waals surface area contributed by atoms with Crippen LogP contribution in [0.2, 0.25) is 0 Å². The molecule has 5 nitrogen and oxygen atoms in total. The molecule has 0 radical (unpaired) electrons. The van der Waals surface area contributed by atoms with E-state index in [1.807, 2.05) is 37.3 Å². The molecule has 0 unspecified atom stereocenters. The highest BCUT2D eigenvalue weighted by Crippen LogP contribution is 2.15. The highest BCUT2D eigenvalue weighted by atomic mass is 32.2. The second-order valence-electron chi connectivity index (χ2n) is 4.91. The molecule has 1 aromatic carbocycles. The van der Waals surface area contributed by atoms with Crippen molar-refractivity contribution >= 4 is 10.2 Å². The Morgan fingerprint density at radius 3 is 2.68 bits per heavy atom. The van der Waals surface area contributed by atoms with Gasteiger partial charge in [0.1, 0.15) is 0 Å². The monoisotopic (exact) mass is 283 g/mol. The molecule has 1 aliphatic heterocycles. The van der Waals surface area contributed by atoms with Crippen LogP contribution in [0.15, 0.2) is 30.3 Å². The number of piperazine rings is 1. The molecule has 1 aliphatic rings. The molecule has 1 aromatic rings. The highest BCUT2D eigenvalue weighted by Gasteiger charge is 2.32. The van der Waals surface area contributed by atoms with Gasteiger partial charge in [-0.2, -0.15) is 17.0 Å². The molecule has 6 heteroatoms. The van der Waals surface area contributed by atoms with Crippen LogP contribution >= 0.6 is 0 Å². The van der Waals surface area contributed by atoms with Gasteiger partial charge in [0, 0.05) is 39.3 Å². The highest BCUT2D eigenvalue weighted by molar-refractivity contribution is 7.86. The molecule has 0 aromatic heterocycles. The SMILES string of the molecule is C[C@@H]1CNCCN1S(=O)(=O)N(C)Cc1ccccc1. The lowest BCUT2D eigenvalue weighted by atomic mass is 10.2. The molecular formula is C13H21N3O2S. The van der Waals surface area contributed by atoms with E-state index in [-0.39, 0.29) is 6.04 Å². The Labute approximate surface area is 115 Å². The summed E-state index contributed by atoms with van der Waals surface area (Å²) in [6.45, 7) is 4.28. The van der Waals surface area contributed by atoms with Crippen molar-refractivity contribution in [3.63, 3.8) is 0 Å². The van der Waals surface area contributed by atoms with E-state index in [0.29, 0.717) is 26.2 Å². The first-order valence-corrected chi connectivity index (χ1v) is 7.89. The van der Waals surface area contributed by atoms with Crippen LogP contribution in [0.4, 0.5) is 0 Å². The maximum Gasteiger partial charge on any atom is 0.282 e. The molecule has 2 rings (SSSR count). The average molecular weight is 283 g/mol. The first-order chi connectivity index (χ1) is 9.01. The molecule has 1 saturated heterocycles. The third kappa shape index (κ3) is 3.33. The molecule has 1 heterocycles. The number of nitrogens with zero attached hydrogens (tertiary/aromatic N) is 2. The van der Waals surface area contributed by atoms with Crippen molar-refractivity contribution in [1.29, 1.82) is 0 Å². The van der Waals surface area contributed by atoms with Gasteiger partial charge in [-0.05, 0) is 12.5 Å². The van der Waals surface area contributed by atoms with E-state index in [0.717, 1.165) is 5.56 Å². The zero-order valence-electron chi connectivity index (χ0n) is 11.4. The Bertz CT molecular complexity index is 504. The van der Waals surface area contributed by atoms with Gasteiger partial charge in [-0.3, -0.25) is 0 Å². The quantitative estimate of drug-likeness (QED) is 0.883. The van der Waals surface area contributed by atoms with Gasteiger partial charge in [0.15, 0.2) is 0 Å². The summed E-state index contributed by atoms with van der Waals surface area (Å²) in [6.07, 6.45) is 0. The third-order valence-corrected chi connectivity index (χ3v) is 5.43. The summed E-state index contributed by atoms with van der Waals surface area (Å²) >= 11 is 0. The number of hydrogen-bond acceptors (Lipinski definition) is 3. The van der Waals surface area contributed by atoms with Gasteiger partial charge in [0.25, 0.3) is 10.2 Å². The Morgan fingerprint density at radius 2 is 2.05 bits per heavy atom. The summed E-state index contributed by atoms with van der Waals surface area (Å²) in [5, 5.41) is 3.20. The molecule has 0 spiro atoms. The van der Waals surface area contributed by atoms with Gasteiger partial charge in [-0.1, -0.05) is 30.3 Å². The first kappa shape index (κ1) is 14.5. The lowest BCUT2D eigenvalue weighted by molar-refractivity contribution is 0.262. The number of hydrogen-bond donors (Lipinski definition) is 1. The maximum atomic E-state index is 12.5. The molecule has 0 saturated carbocycles. The van der Waals surface area contributed by atoms with E-state index in [1.165, 1.54) is 4.31 Å². The number of nitrogens with one attached hydrogen (secondary N) is 1. The normalized spacial score (nSPS) is 21.7. The van der Waals surface area contributed by atoms with Gasteiger partial charge < -0.3 is 5.32 Å². The van der Waals surface area contributed by atoms with Crippen molar-refractivity contribution in [3.05, 3.63) is 35.9 Å². The van der Waals surface area contributed by atoms with Crippen molar-refractivity contribution in [2.75, 3.05) is 26.7 Å². The van der Waals surface area contributed by atoms with Crippen LogP contribution in [0, 0.1) is 0 Å². The fraction of sp³-hybridized carbons (Fsp3) is 0.538. The summed E-state index contributed by atoms with van der Waals surface area (Å²) in [4.78, 5) is 0. The summed E-state index contributed by atoms with van der Waals surface area (Å²) in [5.74, 6) is 0. The van der Waals surface area contributed by atoms with Crippen LogP contribution in [0.5, 0.6) is 0 Å². The Balaban J connectivity index is 2.10. The lowest BCUT2D eigenvalue weighted by Crippen LogP contribution is -2.55. The fourth-order valence-corrected chi connectivity index (χ4v) is 3.79. The smallest absolute Gasteiger partial charge is 0.282 e. The van der Waals surface area contributed by atoms with Crippen LogP contribution in [0.3, 0.4) is 0 Å². The molecule has 0 bridgehead atoms. The molecule has 19 heavy (non-hydrogen) atoms. The van der Waals surface area contributed by atoms with Crippen molar-refractivity contribution in [2.45, 2.75) is 19.5 Å². The first-order valence-electron chi connectivity index (χ1n) is 6.49. The van der Waals surface area contributed by atoms with E-state index < -0.39 is 10.2 Å². The zero-order valence-corrected chi connectivity index (χ0v) is 12.2. The van der Waals surface area contributed by atoms with Crippen molar-refractivity contribution < 1.29 is 8.42 Å². The van der Waals surface area contributed by atoms with E-state index >= 15 is 0 Å². The molecule has 1 atom stereocenters. The second kappa shape index (κ2) is 6.00. The Hall–Kier alpha value is -0.950. The van der Waals surface area contributed by atoms with E-state index in [1.54, 1.807) is 11.4 Å². The fourth-order valence-electron chi connectivity index (χ4n) is 2.27. The minimum Gasteiger partial charge on any atom is -0.314 e. The van der Waals surface area contributed by atoms with Crippen LogP contribution in [-0.2, 0) is 16.8 Å². The predicted molar refractivity (Wildman–Crippen MR) is 75.9 cm³/mol. The number of rotatable bonds is 4. The van der Waals surface area contributed by atoms with Gasteiger partial charge in [-0.15, -0.1) is 0 Å². The van der Waals surface area contributed by atoms with Crippen LogP contribution in [0.1, 0.15) is 12.5 Å². The van der Waals surface area contributed by atoms with Crippen molar-refractivity contribution in [3.8, 4) is 0 Å². The van der Waals surface area contributed by atoms with Gasteiger partial charge in [-0.25, -0.2) is 0 Å². The Kier molecular flexibility index (Phi) is 4.57. The van der Waals surface area contributed by atoms with Gasteiger partial charge in [0.2, 0.25) is 0 Å². The second-order valence-corrected chi connectivity index (χ2v) is 6.90. The predicted octanol–water partition coefficient (Wildman–Crippen LogP) is 0.657. The molecule has 106 valence electrons.